The molecule has 4 rings (SSSR count). The molecule has 0 saturated heterocycles. The van der Waals surface area contributed by atoms with E-state index in [1.54, 1.807) is 18.2 Å². The molecule has 1 N–H and O–H groups in total. The average Bonchev–Trinajstić information content (AvgIpc) is 2.70. The fraction of sp³-hybridized carbons (Fsp3) is 0.381. The summed E-state index contributed by atoms with van der Waals surface area (Å²) in [6, 6.07) is 14.0. The van der Waals surface area contributed by atoms with Crippen LogP contribution in [0.3, 0.4) is 0 Å². The molecule has 1 amide bonds. The van der Waals surface area contributed by atoms with Crippen LogP contribution in [0.5, 0.6) is 11.5 Å². The van der Waals surface area contributed by atoms with Crippen molar-refractivity contribution in [3.8, 4) is 11.5 Å². The van der Waals surface area contributed by atoms with Gasteiger partial charge < -0.3 is 14.8 Å². The highest BCUT2D eigenvalue weighted by molar-refractivity contribution is 5.94. The molecule has 0 aliphatic carbocycles. The van der Waals surface area contributed by atoms with Crippen molar-refractivity contribution >= 4 is 5.91 Å². The highest BCUT2D eigenvalue weighted by atomic mass is 16.6. The number of benzene rings is 2. The van der Waals surface area contributed by atoms with Crippen LogP contribution in [0.2, 0.25) is 0 Å². The molecular weight excluding hydrogens is 328 g/mol. The second-order valence-electron chi connectivity index (χ2n) is 6.76. The van der Waals surface area contributed by atoms with E-state index in [1.165, 1.54) is 11.1 Å². The molecule has 26 heavy (non-hydrogen) atoms. The zero-order valence-electron chi connectivity index (χ0n) is 14.9. The molecule has 0 atom stereocenters. The van der Waals surface area contributed by atoms with Gasteiger partial charge in [-0.3, -0.25) is 9.69 Å². The quantitative estimate of drug-likeness (QED) is 0.841. The Balaban J connectivity index is 1.23. The Morgan fingerprint density at radius 1 is 1.04 bits per heavy atom. The second-order valence-corrected chi connectivity index (χ2v) is 6.76. The lowest BCUT2D eigenvalue weighted by atomic mass is 10.00. The summed E-state index contributed by atoms with van der Waals surface area (Å²) >= 11 is 0. The predicted octanol–water partition coefficient (Wildman–Crippen LogP) is 2.64. The van der Waals surface area contributed by atoms with Gasteiger partial charge in [-0.15, -0.1) is 0 Å². The highest BCUT2D eigenvalue weighted by Gasteiger charge is 2.16. The Hall–Kier alpha value is -2.53. The Morgan fingerprint density at radius 3 is 2.73 bits per heavy atom. The standard InChI is InChI=1S/C21H24N2O3/c24-21(17-6-7-19-20(14-17)26-13-12-25-19)22-9-3-10-23-11-8-16-4-1-2-5-18(16)15-23/h1-2,4-7,14H,3,8-13,15H2,(H,22,24). The zero-order valence-corrected chi connectivity index (χ0v) is 14.9. The maximum absolute atomic E-state index is 12.3. The van der Waals surface area contributed by atoms with Crippen molar-refractivity contribution < 1.29 is 14.3 Å². The second kappa shape index (κ2) is 7.79. The number of amides is 1. The smallest absolute Gasteiger partial charge is 0.251 e. The minimum Gasteiger partial charge on any atom is -0.486 e. The van der Waals surface area contributed by atoms with Crippen LogP contribution < -0.4 is 14.8 Å². The Morgan fingerprint density at radius 2 is 1.85 bits per heavy atom. The predicted molar refractivity (Wildman–Crippen MR) is 99.8 cm³/mol. The lowest BCUT2D eigenvalue weighted by Crippen LogP contribution is -2.33. The number of hydrogen-bond donors (Lipinski definition) is 1. The van der Waals surface area contributed by atoms with Crippen LogP contribution in [0.15, 0.2) is 42.5 Å². The van der Waals surface area contributed by atoms with Gasteiger partial charge in [0.15, 0.2) is 11.5 Å². The van der Waals surface area contributed by atoms with E-state index in [2.05, 4.69) is 34.5 Å². The summed E-state index contributed by atoms with van der Waals surface area (Å²) in [5, 5.41) is 3.00. The first-order chi connectivity index (χ1) is 12.8. The summed E-state index contributed by atoms with van der Waals surface area (Å²) in [6.07, 6.45) is 2.05. The molecule has 2 aliphatic rings. The number of carbonyl (C=O) groups excluding carboxylic acids is 1. The summed E-state index contributed by atoms with van der Waals surface area (Å²) in [6.45, 7) is 4.84. The third kappa shape index (κ3) is 3.83. The van der Waals surface area contributed by atoms with Crippen molar-refractivity contribution in [1.29, 1.82) is 0 Å². The molecule has 0 saturated carbocycles. The fourth-order valence-electron chi connectivity index (χ4n) is 3.54. The lowest BCUT2D eigenvalue weighted by molar-refractivity contribution is 0.0950. The first-order valence-corrected chi connectivity index (χ1v) is 9.26. The summed E-state index contributed by atoms with van der Waals surface area (Å²) in [7, 11) is 0. The average molecular weight is 352 g/mol. The molecule has 5 nitrogen and oxygen atoms in total. The van der Waals surface area contributed by atoms with Crippen molar-refractivity contribution in [3.05, 3.63) is 59.2 Å². The van der Waals surface area contributed by atoms with Crippen LogP contribution in [-0.4, -0.2) is 43.7 Å². The van der Waals surface area contributed by atoms with Crippen molar-refractivity contribution in [2.45, 2.75) is 19.4 Å². The SMILES string of the molecule is O=C(NCCCN1CCc2ccccc2C1)c1ccc2c(c1)OCCO2. The maximum Gasteiger partial charge on any atom is 0.251 e. The van der Waals surface area contributed by atoms with Crippen molar-refractivity contribution in [2.75, 3.05) is 32.8 Å². The number of fused-ring (bicyclic) bond motifs is 2. The summed E-state index contributed by atoms with van der Waals surface area (Å²) in [5.74, 6) is 1.29. The third-order valence-electron chi connectivity index (χ3n) is 4.95. The van der Waals surface area contributed by atoms with Gasteiger partial charge in [0.2, 0.25) is 0 Å². The minimum absolute atomic E-state index is 0.0639. The van der Waals surface area contributed by atoms with E-state index in [0.717, 1.165) is 32.5 Å². The molecule has 0 fully saturated rings. The molecule has 2 heterocycles. The van der Waals surface area contributed by atoms with Gasteiger partial charge in [-0.05, 0) is 42.2 Å². The van der Waals surface area contributed by atoms with Crippen LogP contribution in [0.25, 0.3) is 0 Å². The molecule has 0 aromatic heterocycles. The van der Waals surface area contributed by atoms with E-state index in [4.69, 9.17) is 9.47 Å². The summed E-state index contributed by atoms with van der Waals surface area (Å²) < 4.78 is 11.0. The molecule has 136 valence electrons. The van der Waals surface area contributed by atoms with E-state index < -0.39 is 0 Å². The molecule has 5 heteroatoms. The van der Waals surface area contributed by atoms with Crippen LogP contribution in [0.4, 0.5) is 0 Å². The zero-order chi connectivity index (χ0) is 17.8. The Kier molecular flexibility index (Phi) is 5.07. The van der Waals surface area contributed by atoms with E-state index in [1.807, 2.05) is 0 Å². The van der Waals surface area contributed by atoms with E-state index >= 15 is 0 Å². The molecule has 0 bridgehead atoms. The van der Waals surface area contributed by atoms with Gasteiger partial charge in [0.25, 0.3) is 5.91 Å². The number of nitrogens with one attached hydrogen (secondary N) is 1. The Bertz CT molecular complexity index is 791. The van der Waals surface area contributed by atoms with Crippen molar-refractivity contribution in [2.24, 2.45) is 0 Å². The van der Waals surface area contributed by atoms with Crippen LogP contribution in [0.1, 0.15) is 27.9 Å². The van der Waals surface area contributed by atoms with Gasteiger partial charge in [0.05, 0.1) is 0 Å². The number of nitrogens with zero attached hydrogens (tertiary/aromatic N) is 1. The number of ether oxygens (including phenoxy) is 2. The highest BCUT2D eigenvalue weighted by Crippen LogP contribution is 2.30. The van der Waals surface area contributed by atoms with Gasteiger partial charge >= 0.3 is 0 Å². The number of rotatable bonds is 5. The largest absolute Gasteiger partial charge is 0.486 e. The van der Waals surface area contributed by atoms with E-state index in [0.29, 0.717) is 36.8 Å². The van der Waals surface area contributed by atoms with Gasteiger partial charge in [0, 0.05) is 31.7 Å². The van der Waals surface area contributed by atoms with E-state index in [9.17, 15) is 4.79 Å². The first-order valence-electron chi connectivity index (χ1n) is 9.26. The van der Waals surface area contributed by atoms with Crippen LogP contribution in [-0.2, 0) is 13.0 Å². The molecule has 0 spiro atoms. The Labute approximate surface area is 153 Å². The van der Waals surface area contributed by atoms with Gasteiger partial charge in [-0.2, -0.15) is 0 Å². The number of hydrogen-bond acceptors (Lipinski definition) is 4. The van der Waals surface area contributed by atoms with Crippen molar-refractivity contribution in [1.82, 2.24) is 10.2 Å². The molecule has 0 unspecified atom stereocenters. The van der Waals surface area contributed by atoms with E-state index in [-0.39, 0.29) is 5.91 Å². The fourth-order valence-corrected chi connectivity index (χ4v) is 3.54. The van der Waals surface area contributed by atoms with Gasteiger partial charge in [-0.1, -0.05) is 24.3 Å². The van der Waals surface area contributed by atoms with Crippen LogP contribution in [0, 0.1) is 0 Å². The molecule has 2 aliphatic heterocycles. The number of carbonyl (C=O) groups is 1. The van der Waals surface area contributed by atoms with Crippen molar-refractivity contribution in [3.63, 3.8) is 0 Å². The lowest BCUT2D eigenvalue weighted by Gasteiger charge is -2.28. The minimum atomic E-state index is -0.0639. The first kappa shape index (κ1) is 16.9. The van der Waals surface area contributed by atoms with Gasteiger partial charge in [0.1, 0.15) is 13.2 Å². The molecule has 2 aromatic rings. The molecular formula is C21H24N2O3. The summed E-state index contributed by atoms with van der Waals surface area (Å²) in [5.41, 5.74) is 3.51. The monoisotopic (exact) mass is 352 g/mol. The summed E-state index contributed by atoms with van der Waals surface area (Å²) in [4.78, 5) is 14.8. The molecule has 0 radical (unpaired) electrons. The molecule has 2 aromatic carbocycles. The van der Waals surface area contributed by atoms with Crippen LogP contribution >= 0.6 is 0 Å². The third-order valence-corrected chi connectivity index (χ3v) is 4.95. The maximum atomic E-state index is 12.3. The van der Waals surface area contributed by atoms with Gasteiger partial charge in [-0.25, -0.2) is 0 Å². The normalized spacial score (nSPS) is 16.0. The topological polar surface area (TPSA) is 50.8 Å².